The first-order valence-electron chi connectivity index (χ1n) is 6.06. The van der Waals surface area contributed by atoms with Crippen LogP contribution in [0.1, 0.15) is 58.8 Å². The Bertz CT molecular complexity index is 267. The molecule has 0 rings (SSSR count). The van der Waals surface area contributed by atoms with Gasteiger partial charge in [0, 0.05) is 0 Å². The van der Waals surface area contributed by atoms with Crippen LogP contribution in [0, 0.1) is 0 Å². The smallest absolute Gasteiger partial charge is 0.748 e. The van der Waals surface area contributed by atoms with Crippen LogP contribution in [0.2, 0.25) is 0 Å². The van der Waals surface area contributed by atoms with Gasteiger partial charge in [0.25, 0.3) is 0 Å². The van der Waals surface area contributed by atoms with Gasteiger partial charge in [-0.3, -0.25) is 0 Å². The van der Waals surface area contributed by atoms with Gasteiger partial charge in [0.15, 0.2) is 0 Å². The van der Waals surface area contributed by atoms with Crippen LogP contribution < -0.4 is 29.6 Å². The van der Waals surface area contributed by atoms with Gasteiger partial charge < -0.3 is 9.66 Å². The summed E-state index contributed by atoms with van der Waals surface area (Å²) < 4.78 is 33.0. The van der Waals surface area contributed by atoms with E-state index in [4.69, 9.17) is 0 Å². The molecule has 0 saturated heterocycles. The normalized spacial score (nSPS) is 15.1. The summed E-state index contributed by atoms with van der Waals surface area (Å²) >= 11 is 0. The summed E-state index contributed by atoms with van der Waals surface area (Å²) in [5.41, 5.74) is 0. The zero-order valence-electron chi connectivity index (χ0n) is 11.2. The van der Waals surface area contributed by atoms with Crippen molar-refractivity contribution in [3.63, 3.8) is 0 Å². The fraction of sp³-hybridized carbons (Fsp3) is 1.00. The minimum absolute atomic E-state index is 0. The van der Waals surface area contributed by atoms with E-state index >= 15 is 0 Å². The Labute approximate surface area is 127 Å². The van der Waals surface area contributed by atoms with Crippen LogP contribution >= 0.6 is 0 Å². The Morgan fingerprint density at radius 2 is 1.65 bits per heavy atom. The second-order valence-electron chi connectivity index (χ2n) is 4.24. The summed E-state index contributed by atoms with van der Waals surface area (Å²) in [7, 11) is -4.37. The molecule has 2 unspecified atom stereocenters. The Morgan fingerprint density at radius 1 is 1.06 bits per heavy atom. The second kappa shape index (κ2) is 10.8. The molecule has 0 amide bonds. The van der Waals surface area contributed by atoms with E-state index in [1.54, 1.807) is 0 Å². The van der Waals surface area contributed by atoms with Gasteiger partial charge in [-0.2, -0.15) is 0 Å². The molecule has 0 bridgehead atoms. The maximum Gasteiger partial charge on any atom is 1.00 e. The molecule has 1 N–H and O–H groups in total. The molecule has 0 heterocycles. The minimum Gasteiger partial charge on any atom is -0.748 e. The van der Waals surface area contributed by atoms with Crippen molar-refractivity contribution in [1.82, 2.24) is 0 Å². The quantitative estimate of drug-likeness (QED) is 0.333. The number of aliphatic hydroxyl groups excluding tert-OH is 1. The summed E-state index contributed by atoms with van der Waals surface area (Å²) in [5.74, 6) is 0. The van der Waals surface area contributed by atoms with Crippen LogP contribution in [0.25, 0.3) is 0 Å². The van der Waals surface area contributed by atoms with Crippen LogP contribution in [0.5, 0.6) is 0 Å². The van der Waals surface area contributed by atoms with Crippen LogP contribution in [0.4, 0.5) is 0 Å². The molecule has 17 heavy (non-hydrogen) atoms. The Hall–Kier alpha value is 0.870. The largest absolute Gasteiger partial charge is 1.00 e. The maximum atomic E-state index is 11.0. The molecule has 0 aliphatic carbocycles. The first kappa shape index (κ1) is 20.2. The van der Waals surface area contributed by atoms with E-state index in [9.17, 15) is 18.1 Å². The van der Waals surface area contributed by atoms with Gasteiger partial charge in [0.05, 0.1) is 11.4 Å². The molecular formula is C11H23NaO4S. The summed E-state index contributed by atoms with van der Waals surface area (Å²) in [6, 6.07) is 0. The number of rotatable bonds is 9. The molecule has 98 valence electrons. The Balaban J connectivity index is 0. The molecule has 4 nitrogen and oxygen atoms in total. The molecule has 0 radical (unpaired) electrons. The summed E-state index contributed by atoms with van der Waals surface area (Å²) in [4.78, 5) is 0. The third kappa shape index (κ3) is 9.45. The topological polar surface area (TPSA) is 77.4 Å². The van der Waals surface area contributed by atoms with Gasteiger partial charge in [0.1, 0.15) is 10.1 Å². The van der Waals surface area contributed by atoms with Crippen molar-refractivity contribution in [2.24, 2.45) is 0 Å². The Kier molecular flexibility index (Phi) is 12.8. The van der Waals surface area contributed by atoms with Crippen molar-refractivity contribution in [2.45, 2.75) is 70.1 Å². The van der Waals surface area contributed by atoms with Gasteiger partial charge in [-0.15, -0.1) is 0 Å². The predicted molar refractivity (Wildman–Crippen MR) is 63.2 cm³/mol. The van der Waals surface area contributed by atoms with E-state index in [0.717, 1.165) is 19.3 Å². The third-order valence-electron chi connectivity index (χ3n) is 2.73. The van der Waals surface area contributed by atoms with Gasteiger partial charge in [-0.25, -0.2) is 8.42 Å². The van der Waals surface area contributed by atoms with E-state index < -0.39 is 21.5 Å². The number of unbranched alkanes of at least 4 members (excludes halogenated alkanes) is 3. The van der Waals surface area contributed by atoms with Crippen molar-refractivity contribution in [3.05, 3.63) is 0 Å². The van der Waals surface area contributed by atoms with E-state index in [-0.39, 0.29) is 36.0 Å². The van der Waals surface area contributed by atoms with E-state index in [2.05, 4.69) is 6.92 Å². The van der Waals surface area contributed by atoms with Gasteiger partial charge in [0.2, 0.25) is 0 Å². The predicted octanol–water partition coefficient (Wildman–Crippen LogP) is -0.964. The van der Waals surface area contributed by atoms with Crippen molar-refractivity contribution in [3.8, 4) is 0 Å². The summed E-state index contributed by atoms with van der Waals surface area (Å²) in [5, 5.41) is 8.50. The van der Waals surface area contributed by atoms with E-state index in [0.29, 0.717) is 19.3 Å². The first-order chi connectivity index (χ1) is 7.43. The fourth-order valence-electron chi connectivity index (χ4n) is 1.78. The molecule has 0 spiro atoms. The molecule has 0 fully saturated rings. The molecule has 2 atom stereocenters. The zero-order chi connectivity index (χ0) is 12.6. The number of hydrogen-bond acceptors (Lipinski definition) is 4. The molecule has 0 aromatic rings. The molecule has 0 saturated carbocycles. The van der Waals surface area contributed by atoms with Crippen molar-refractivity contribution < 1.29 is 47.6 Å². The maximum absolute atomic E-state index is 11.0. The average molecular weight is 274 g/mol. The average Bonchev–Trinajstić information content (AvgIpc) is 2.16. The van der Waals surface area contributed by atoms with Gasteiger partial charge in [-0.05, 0) is 12.8 Å². The third-order valence-corrected chi connectivity index (χ3v) is 4.02. The Morgan fingerprint density at radius 3 is 2.06 bits per heavy atom. The first-order valence-corrected chi connectivity index (χ1v) is 7.53. The zero-order valence-corrected chi connectivity index (χ0v) is 14.0. The van der Waals surface area contributed by atoms with Gasteiger partial charge >= 0.3 is 29.6 Å². The molecule has 0 aliphatic heterocycles. The van der Waals surface area contributed by atoms with E-state index in [1.165, 1.54) is 0 Å². The van der Waals surface area contributed by atoms with Crippen LogP contribution in [-0.2, 0) is 10.1 Å². The van der Waals surface area contributed by atoms with Crippen LogP contribution in [-0.4, -0.2) is 29.4 Å². The van der Waals surface area contributed by atoms with Gasteiger partial charge in [-0.1, -0.05) is 46.0 Å². The molecular weight excluding hydrogens is 251 g/mol. The minimum atomic E-state index is -4.37. The molecule has 6 heteroatoms. The SMILES string of the molecule is CCCCCCC(C(O)CCC)S(=O)(=O)[O-].[Na+]. The van der Waals surface area contributed by atoms with Crippen molar-refractivity contribution in [2.75, 3.05) is 0 Å². The van der Waals surface area contributed by atoms with Crippen LogP contribution in [0.15, 0.2) is 0 Å². The second-order valence-corrected chi connectivity index (χ2v) is 5.83. The molecule has 0 aromatic carbocycles. The fourth-order valence-corrected chi connectivity index (χ4v) is 2.76. The summed E-state index contributed by atoms with van der Waals surface area (Å²) in [6.07, 6.45) is 4.05. The van der Waals surface area contributed by atoms with Crippen molar-refractivity contribution in [1.29, 1.82) is 0 Å². The van der Waals surface area contributed by atoms with E-state index in [1.807, 2.05) is 6.92 Å². The molecule has 0 aliphatic rings. The standard InChI is InChI=1S/C11H24O4S.Na/c1-3-5-6-7-9-11(16(13,14)15)10(12)8-4-2;/h10-12H,3-9H2,1-2H3,(H,13,14,15);/q;+1/p-1. The number of hydrogen-bond donors (Lipinski definition) is 1. The van der Waals surface area contributed by atoms with Crippen molar-refractivity contribution >= 4 is 10.1 Å². The number of aliphatic hydroxyl groups is 1. The van der Waals surface area contributed by atoms with Crippen LogP contribution in [0.3, 0.4) is 0 Å². The molecule has 0 aromatic heterocycles. The summed E-state index contributed by atoms with van der Waals surface area (Å²) in [6.45, 7) is 3.92. The monoisotopic (exact) mass is 274 g/mol.